The van der Waals surface area contributed by atoms with E-state index in [1.165, 1.54) is 12.1 Å². The Morgan fingerprint density at radius 3 is 2.72 bits per heavy atom. The van der Waals surface area contributed by atoms with E-state index in [4.69, 9.17) is 0 Å². The third kappa shape index (κ3) is 2.98. The van der Waals surface area contributed by atoms with Crippen molar-refractivity contribution in [3.8, 4) is 0 Å². The van der Waals surface area contributed by atoms with E-state index in [2.05, 4.69) is 34.3 Å². The zero-order valence-electron chi connectivity index (χ0n) is 13.8. The van der Waals surface area contributed by atoms with Crippen LogP contribution >= 0.6 is 0 Å². The molecule has 3 nitrogen and oxygen atoms in total. The number of fused-ring (bicyclic) bond motifs is 1. The smallest absolute Gasteiger partial charge is 0.125 e. The Bertz CT molecular complexity index is 1010. The van der Waals surface area contributed by atoms with Gasteiger partial charge < -0.3 is 10.3 Å². The molecule has 0 spiro atoms. The number of aromatic nitrogens is 2. The summed E-state index contributed by atoms with van der Waals surface area (Å²) in [6.45, 7) is 2.06. The molecule has 2 heterocycles. The summed E-state index contributed by atoms with van der Waals surface area (Å²) >= 11 is 0. The molecule has 1 atom stereocenters. The van der Waals surface area contributed by atoms with Crippen LogP contribution in [0.2, 0.25) is 0 Å². The van der Waals surface area contributed by atoms with Crippen molar-refractivity contribution in [3.05, 3.63) is 95.7 Å². The molecule has 0 radical (unpaired) electrons. The highest BCUT2D eigenvalue weighted by Crippen LogP contribution is 2.34. The van der Waals surface area contributed by atoms with Gasteiger partial charge in [0.05, 0.1) is 6.04 Å². The summed E-state index contributed by atoms with van der Waals surface area (Å²) in [7, 11) is 0. The Hall–Kier alpha value is -3.14. The minimum atomic E-state index is -0.259. The minimum Gasteiger partial charge on any atom is -0.374 e. The number of para-hydroxylation sites is 1. The number of pyridine rings is 1. The molecule has 0 saturated heterocycles. The first-order valence-electron chi connectivity index (χ1n) is 8.21. The van der Waals surface area contributed by atoms with Gasteiger partial charge in [-0.15, -0.1) is 0 Å². The number of anilines is 1. The fourth-order valence-corrected chi connectivity index (χ4v) is 3.28. The van der Waals surface area contributed by atoms with E-state index >= 15 is 0 Å². The van der Waals surface area contributed by atoms with Crippen LogP contribution in [-0.2, 0) is 0 Å². The molecule has 4 aromatic rings. The van der Waals surface area contributed by atoms with Gasteiger partial charge in [-0.25, -0.2) is 4.39 Å². The largest absolute Gasteiger partial charge is 0.374 e. The lowest BCUT2D eigenvalue weighted by Gasteiger charge is -2.21. The topological polar surface area (TPSA) is 40.7 Å². The number of aryl methyl sites for hydroxylation is 1. The lowest BCUT2D eigenvalue weighted by Crippen LogP contribution is -2.13. The molecule has 0 aliphatic rings. The van der Waals surface area contributed by atoms with Gasteiger partial charge in [0.15, 0.2) is 0 Å². The van der Waals surface area contributed by atoms with Crippen molar-refractivity contribution >= 4 is 16.6 Å². The third-order valence-electron chi connectivity index (χ3n) is 4.39. The van der Waals surface area contributed by atoms with Gasteiger partial charge in [0.25, 0.3) is 0 Å². The summed E-state index contributed by atoms with van der Waals surface area (Å²) in [5, 5.41) is 4.62. The second-order valence-electron chi connectivity index (χ2n) is 6.08. The van der Waals surface area contributed by atoms with Crippen molar-refractivity contribution in [2.24, 2.45) is 0 Å². The summed E-state index contributed by atoms with van der Waals surface area (Å²) < 4.78 is 13.6. The van der Waals surface area contributed by atoms with Crippen LogP contribution in [0.5, 0.6) is 0 Å². The fourth-order valence-electron chi connectivity index (χ4n) is 3.28. The van der Waals surface area contributed by atoms with Gasteiger partial charge in [0.2, 0.25) is 0 Å². The number of hydrogen-bond acceptors (Lipinski definition) is 2. The Labute approximate surface area is 145 Å². The standard InChI is InChI=1S/C21H18FN3/c1-14-20(18-9-2-3-10-19(18)24-14)21(15-6-5-11-23-13-15)25-17-8-4-7-16(22)12-17/h2-13,21,24-25H,1H3/t21-/m1/s1. The highest BCUT2D eigenvalue weighted by molar-refractivity contribution is 5.86. The number of hydrogen-bond donors (Lipinski definition) is 2. The van der Waals surface area contributed by atoms with Crippen LogP contribution in [0.1, 0.15) is 22.9 Å². The first-order chi connectivity index (χ1) is 12.2. The van der Waals surface area contributed by atoms with Gasteiger partial charge >= 0.3 is 0 Å². The molecule has 0 fully saturated rings. The van der Waals surface area contributed by atoms with E-state index in [0.717, 1.165) is 33.4 Å². The van der Waals surface area contributed by atoms with Crippen LogP contribution in [-0.4, -0.2) is 9.97 Å². The van der Waals surface area contributed by atoms with Gasteiger partial charge in [-0.1, -0.05) is 30.3 Å². The van der Waals surface area contributed by atoms with Crippen LogP contribution in [0.15, 0.2) is 73.1 Å². The van der Waals surface area contributed by atoms with E-state index in [-0.39, 0.29) is 11.9 Å². The van der Waals surface area contributed by atoms with Crippen LogP contribution < -0.4 is 5.32 Å². The van der Waals surface area contributed by atoms with Crippen molar-refractivity contribution < 1.29 is 4.39 Å². The minimum absolute atomic E-state index is 0.133. The van der Waals surface area contributed by atoms with E-state index < -0.39 is 0 Å². The van der Waals surface area contributed by atoms with Crippen LogP contribution in [0.4, 0.5) is 10.1 Å². The first-order valence-corrected chi connectivity index (χ1v) is 8.21. The first kappa shape index (κ1) is 15.4. The highest BCUT2D eigenvalue weighted by Gasteiger charge is 2.21. The molecule has 4 heteroatoms. The molecule has 124 valence electrons. The lowest BCUT2D eigenvalue weighted by atomic mass is 9.97. The van der Waals surface area contributed by atoms with Crippen molar-refractivity contribution in [1.82, 2.24) is 9.97 Å². The van der Waals surface area contributed by atoms with E-state index in [1.54, 1.807) is 12.3 Å². The number of nitrogens with one attached hydrogen (secondary N) is 2. The molecule has 0 aliphatic carbocycles. The zero-order valence-corrected chi connectivity index (χ0v) is 13.8. The quantitative estimate of drug-likeness (QED) is 0.539. The van der Waals surface area contributed by atoms with Crippen molar-refractivity contribution in [3.63, 3.8) is 0 Å². The number of H-pyrrole nitrogens is 1. The molecule has 0 amide bonds. The maximum atomic E-state index is 13.6. The molecule has 2 N–H and O–H groups in total. The van der Waals surface area contributed by atoms with Gasteiger partial charge in [-0.3, -0.25) is 4.98 Å². The van der Waals surface area contributed by atoms with Crippen molar-refractivity contribution in [1.29, 1.82) is 0 Å². The number of benzene rings is 2. The fraction of sp³-hybridized carbons (Fsp3) is 0.0952. The molecule has 4 rings (SSSR count). The van der Waals surface area contributed by atoms with Crippen molar-refractivity contribution in [2.45, 2.75) is 13.0 Å². The highest BCUT2D eigenvalue weighted by atomic mass is 19.1. The molecule has 2 aromatic carbocycles. The molecular formula is C21H18FN3. The number of rotatable bonds is 4. The molecule has 25 heavy (non-hydrogen) atoms. The average Bonchev–Trinajstić information content (AvgIpc) is 2.96. The average molecular weight is 331 g/mol. The second kappa shape index (κ2) is 6.40. The zero-order chi connectivity index (χ0) is 17.2. The Kier molecular flexibility index (Phi) is 3.94. The van der Waals surface area contributed by atoms with Gasteiger partial charge in [0.1, 0.15) is 5.82 Å². The predicted molar refractivity (Wildman–Crippen MR) is 99.1 cm³/mol. The SMILES string of the molecule is Cc1[nH]c2ccccc2c1[C@H](Nc1cccc(F)c1)c1cccnc1. The van der Waals surface area contributed by atoms with Crippen LogP contribution in [0.25, 0.3) is 10.9 Å². The number of halogens is 1. The number of nitrogens with zero attached hydrogens (tertiary/aromatic N) is 1. The summed E-state index contributed by atoms with van der Waals surface area (Å²) in [4.78, 5) is 7.70. The molecule has 0 bridgehead atoms. The second-order valence-corrected chi connectivity index (χ2v) is 6.08. The Morgan fingerprint density at radius 2 is 1.92 bits per heavy atom. The summed E-state index contributed by atoms with van der Waals surface area (Å²) in [6, 6.07) is 18.6. The summed E-state index contributed by atoms with van der Waals surface area (Å²) in [6.07, 6.45) is 3.60. The molecule has 0 aliphatic heterocycles. The molecule has 2 aromatic heterocycles. The molecular weight excluding hydrogens is 313 g/mol. The maximum absolute atomic E-state index is 13.6. The van der Waals surface area contributed by atoms with Gasteiger partial charge in [-0.05, 0) is 42.8 Å². The monoisotopic (exact) mass is 331 g/mol. The van der Waals surface area contributed by atoms with E-state index in [0.29, 0.717) is 0 Å². The van der Waals surface area contributed by atoms with Gasteiger partial charge in [0, 0.05) is 40.2 Å². The normalized spacial score (nSPS) is 12.2. The maximum Gasteiger partial charge on any atom is 0.125 e. The summed E-state index contributed by atoms with van der Waals surface area (Å²) in [5.41, 5.74) is 5.08. The molecule has 0 saturated carbocycles. The van der Waals surface area contributed by atoms with E-state index in [9.17, 15) is 4.39 Å². The lowest BCUT2D eigenvalue weighted by molar-refractivity contribution is 0.628. The number of aromatic amines is 1. The van der Waals surface area contributed by atoms with Crippen molar-refractivity contribution in [2.75, 3.05) is 5.32 Å². The van der Waals surface area contributed by atoms with Crippen LogP contribution in [0.3, 0.4) is 0 Å². The van der Waals surface area contributed by atoms with Crippen LogP contribution in [0, 0.1) is 12.7 Å². The van der Waals surface area contributed by atoms with Gasteiger partial charge in [-0.2, -0.15) is 0 Å². The van der Waals surface area contributed by atoms with E-state index in [1.807, 2.05) is 36.5 Å². The summed E-state index contributed by atoms with van der Waals surface area (Å²) in [5.74, 6) is -0.259. The Morgan fingerprint density at radius 1 is 1.04 bits per heavy atom. The third-order valence-corrected chi connectivity index (χ3v) is 4.39. The molecule has 0 unspecified atom stereocenters. The predicted octanol–water partition coefficient (Wildman–Crippen LogP) is 5.21. The Balaban J connectivity index is 1.87.